The Morgan fingerprint density at radius 2 is 1.82 bits per heavy atom. The molecule has 1 fully saturated rings. The second-order valence-electron chi connectivity index (χ2n) is 10.7. The van der Waals surface area contributed by atoms with Gasteiger partial charge in [-0.3, -0.25) is 24.6 Å². The lowest BCUT2D eigenvalue weighted by molar-refractivity contribution is -0.145. The van der Waals surface area contributed by atoms with Crippen LogP contribution in [0, 0.1) is 18.3 Å². The minimum absolute atomic E-state index is 0.0572. The molecule has 1 aromatic heterocycles. The van der Waals surface area contributed by atoms with Gasteiger partial charge in [-0.15, -0.1) is 0 Å². The zero-order chi connectivity index (χ0) is 27.4. The van der Waals surface area contributed by atoms with Crippen molar-refractivity contribution in [3.8, 4) is 5.75 Å². The summed E-state index contributed by atoms with van der Waals surface area (Å²) >= 11 is 0. The number of aromatic nitrogens is 1. The summed E-state index contributed by atoms with van der Waals surface area (Å²) in [5.41, 5.74) is 4.34. The molecule has 0 spiro atoms. The fraction of sp³-hybridized carbons (Fsp3) is 0.379. The van der Waals surface area contributed by atoms with Gasteiger partial charge in [0, 0.05) is 40.7 Å². The van der Waals surface area contributed by atoms with E-state index in [1.807, 2.05) is 58.0 Å². The van der Waals surface area contributed by atoms with Crippen molar-refractivity contribution in [2.75, 3.05) is 13.1 Å². The summed E-state index contributed by atoms with van der Waals surface area (Å²) in [6.07, 6.45) is 0.328. The molecular weight excluding hydrogens is 484 g/mol. The van der Waals surface area contributed by atoms with Gasteiger partial charge in [0.2, 0.25) is 11.8 Å². The number of ether oxygens (including phenoxy) is 1. The topological polar surface area (TPSA) is 121 Å². The Labute approximate surface area is 222 Å². The number of amides is 3. The number of nitrogens with one attached hydrogen (secondary N) is 2. The van der Waals surface area contributed by atoms with Gasteiger partial charge in [-0.05, 0) is 49.7 Å². The van der Waals surface area contributed by atoms with Crippen LogP contribution in [0.1, 0.15) is 48.8 Å². The number of nitrogens with zero attached hydrogens (tertiary/aromatic N) is 2. The van der Waals surface area contributed by atoms with E-state index < -0.39 is 23.3 Å². The monoisotopic (exact) mass is 518 g/mol. The summed E-state index contributed by atoms with van der Waals surface area (Å²) in [5.74, 6) is -1.07. The van der Waals surface area contributed by atoms with Crippen molar-refractivity contribution in [1.82, 2.24) is 20.7 Å². The normalized spacial score (nSPS) is 17.7. The van der Waals surface area contributed by atoms with E-state index >= 15 is 0 Å². The van der Waals surface area contributed by atoms with Crippen LogP contribution in [0.15, 0.2) is 54.6 Å². The van der Waals surface area contributed by atoms with Gasteiger partial charge in [0.05, 0.1) is 17.5 Å². The van der Waals surface area contributed by atoms with E-state index in [0.717, 1.165) is 22.2 Å². The van der Waals surface area contributed by atoms with Crippen LogP contribution in [0.4, 0.5) is 0 Å². The standard InChI is InChI=1S/C29H34N4O5/c1-18-15-20(22-7-5-6-8-24(22)30-18)17-38-21-11-9-19(10-12-21)26(34)31-25-16-33(28(36)29(2,3)4)14-13-23(25)27(35)32-37/h5-12,15,23,25,37H,13-14,16-17H2,1-4H3,(H,31,34)(H,32,35)/t23-,25-/m0/s1. The predicted molar refractivity (Wildman–Crippen MR) is 143 cm³/mol. The van der Waals surface area contributed by atoms with Gasteiger partial charge in [0.15, 0.2) is 0 Å². The average molecular weight is 519 g/mol. The molecule has 0 bridgehead atoms. The average Bonchev–Trinajstić information content (AvgIpc) is 2.90. The largest absolute Gasteiger partial charge is 0.489 e. The van der Waals surface area contributed by atoms with Crippen molar-refractivity contribution >= 4 is 28.6 Å². The number of aryl methyl sites for hydroxylation is 1. The molecule has 1 saturated heterocycles. The first-order chi connectivity index (χ1) is 18.1. The van der Waals surface area contributed by atoms with Crippen LogP contribution in [-0.4, -0.2) is 51.9 Å². The Balaban J connectivity index is 1.43. The lowest BCUT2D eigenvalue weighted by Gasteiger charge is -2.40. The van der Waals surface area contributed by atoms with Crippen LogP contribution in [0.2, 0.25) is 0 Å². The maximum absolute atomic E-state index is 13.1. The van der Waals surface area contributed by atoms with Gasteiger partial charge >= 0.3 is 0 Å². The molecule has 0 radical (unpaired) electrons. The minimum Gasteiger partial charge on any atom is -0.489 e. The van der Waals surface area contributed by atoms with Gasteiger partial charge in [-0.1, -0.05) is 39.0 Å². The Kier molecular flexibility index (Phi) is 7.97. The van der Waals surface area contributed by atoms with Crippen molar-refractivity contribution < 1.29 is 24.3 Å². The smallest absolute Gasteiger partial charge is 0.251 e. The Bertz CT molecular complexity index is 1330. The van der Waals surface area contributed by atoms with Crippen molar-refractivity contribution in [3.05, 3.63) is 71.4 Å². The summed E-state index contributed by atoms with van der Waals surface area (Å²) in [4.78, 5) is 44.4. The summed E-state index contributed by atoms with van der Waals surface area (Å²) in [5, 5.41) is 13.1. The molecule has 200 valence electrons. The molecule has 3 N–H and O–H groups in total. The molecule has 0 saturated carbocycles. The number of rotatable bonds is 6. The van der Waals surface area contributed by atoms with E-state index in [1.54, 1.807) is 34.6 Å². The molecule has 3 amide bonds. The highest BCUT2D eigenvalue weighted by Gasteiger charge is 2.39. The number of piperidine rings is 1. The summed E-state index contributed by atoms with van der Waals surface area (Å²) < 4.78 is 5.99. The molecule has 1 aliphatic rings. The predicted octanol–water partition coefficient (Wildman–Crippen LogP) is 3.62. The molecule has 2 aromatic carbocycles. The fourth-order valence-corrected chi connectivity index (χ4v) is 4.78. The van der Waals surface area contributed by atoms with Crippen LogP contribution >= 0.6 is 0 Å². The molecule has 0 unspecified atom stereocenters. The third kappa shape index (κ3) is 6.11. The molecular formula is C29H34N4O5. The van der Waals surface area contributed by atoms with Crippen LogP contribution < -0.4 is 15.5 Å². The number of para-hydroxylation sites is 1. The molecule has 9 heteroatoms. The van der Waals surface area contributed by atoms with Gasteiger partial charge in [-0.25, -0.2) is 5.48 Å². The number of hydrogen-bond donors (Lipinski definition) is 3. The number of carbonyl (C=O) groups is 3. The maximum atomic E-state index is 13.1. The number of fused-ring (bicyclic) bond motifs is 1. The van der Waals surface area contributed by atoms with Crippen LogP contribution in [-0.2, 0) is 16.2 Å². The number of carbonyl (C=O) groups excluding carboxylic acids is 3. The van der Waals surface area contributed by atoms with Crippen molar-refractivity contribution in [2.24, 2.45) is 11.3 Å². The third-order valence-electron chi connectivity index (χ3n) is 6.75. The van der Waals surface area contributed by atoms with E-state index in [9.17, 15) is 19.6 Å². The third-order valence-corrected chi connectivity index (χ3v) is 6.75. The van der Waals surface area contributed by atoms with E-state index in [2.05, 4.69) is 10.3 Å². The highest BCUT2D eigenvalue weighted by molar-refractivity contribution is 5.95. The van der Waals surface area contributed by atoms with Gasteiger partial charge in [-0.2, -0.15) is 0 Å². The second-order valence-corrected chi connectivity index (χ2v) is 10.7. The lowest BCUT2D eigenvalue weighted by atomic mass is 9.87. The van der Waals surface area contributed by atoms with E-state index in [4.69, 9.17) is 4.74 Å². The Morgan fingerprint density at radius 3 is 2.50 bits per heavy atom. The van der Waals surface area contributed by atoms with Crippen molar-refractivity contribution in [3.63, 3.8) is 0 Å². The number of benzene rings is 2. The first kappa shape index (κ1) is 27.1. The number of hydroxylamine groups is 1. The number of pyridine rings is 1. The molecule has 2 heterocycles. The van der Waals surface area contributed by atoms with Crippen molar-refractivity contribution in [1.29, 1.82) is 0 Å². The fourth-order valence-electron chi connectivity index (χ4n) is 4.78. The number of hydrogen-bond acceptors (Lipinski definition) is 6. The van der Waals surface area contributed by atoms with Crippen molar-refractivity contribution in [2.45, 2.75) is 46.8 Å². The summed E-state index contributed by atoms with van der Waals surface area (Å²) in [7, 11) is 0. The van der Waals surface area contributed by atoms with Crippen LogP contribution in [0.5, 0.6) is 5.75 Å². The molecule has 1 aliphatic heterocycles. The second kappa shape index (κ2) is 11.2. The van der Waals surface area contributed by atoms with E-state index in [0.29, 0.717) is 30.9 Å². The molecule has 3 aromatic rings. The SMILES string of the molecule is Cc1cc(COc2ccc(C(=O)N[C@H]3CN(C(=O)C(C)(C)C)CC[C@@H]3C(=O)NO)cc2)c2ccccc2n1. The van der Waals surface area contributed by atoms with E-state index in [-0.39, 0.29) is 18.4 Å². The Morgan fingerprint density at radius 1 is 1.11 bits per heavy atom. The zero-order valence-corrected chi connectivity index (χ0v) is 22.2. The zero-order valence-electron chi connectivity index (χ0n) is 22.2. The Hall–Kier alpha value is -3.98. The van der Waals surface area contributed by atoms with Crippen LogP contribution in [0.25, 0.3) is 10.9 Å². The van der Waals surface area contributed by atoms with Gasteiger partial charge in [0.1, 0.15) is 12.4 Å². The first-order valence-electron chi connectivity index (χ1n) is 12.7. The molecule has 0 aliphatic carbocycles. The molecule has 9 nitrogen and oxygen atoms in total. The van der Waals surface area contributed by atoms with Gasteiger partial charge in [0.25, 0.3) is 5.91 Å². The van der Waals surface area contributed by atoms with Gasteiger partial charge < -0.3 is 15.0 Å². The molecule has 2 atom stereocenters. The highest BCUT2D eigenvalue weighted by Crippen LogP contribution is 2.25. The molecule has 4 rings (SSSR count). The lowest BCUT2D eigenvalue weighted by Crippen LogP contribution is -2.58. The first-order valence-corrected chi connectivity index (χ1v) is 12.7. The highest BCUT2D eigenvalue weighted by atomic mass is 16.5. The summed E-state index contributed by atoms with van der Waals surface area (Å²) in [6.45, 7) is 8.35. The van der Waals surface area contributed by atoms with Crippen LogP contribution in [0.3, 0.4) is 0 Å². The minimum atomic E-state index is -0.658. The molecule has 38 heavy (non-hydrogen) atoms. The quantitative estimate of drug-likeness (QED) is 0.339. The number of likely N-dealkylation sites (tertiary alicyclic amines) is 1. The maximum Gasteiger partial charge on any atom is 0.251 e. The van der Waals surface area contributed by atoms with E-state index in [1.165, 1.54) is 0 Å². The summed E-state index contributed by atoms with van der Waals surface area (Å²) in [6, 6.07) is 16.0.